The Kier molecular flexibility index (Phi) is 14.3. The monoisotopic (exact) mass is 677 g/mol. The zero-order valence-electron chi connectivity index (χ0n) is 28.2. The van der Waals surface area contributed by atoms with Crippen molar-refractivity contribution in [3.8, 4) is 5.75 Å². The summed E-state index contributed by atoms with van der Waals surface area (Å²) in [5, 5.41) is 15.4. The number of carbonyl (C=O) groups is 4. The molecule has 0 aromatic heterocycles. The molecule has 4 unspecified atom stereocenters. The second-order valence-electron chi connectivity index (χ2n) is 12.7. The number of carbonyl (C=O) groups excluding carboxylic acids is 4. The normalized spacial score (nSPS) is 13.7. The molecular weight excluding hydrogens is 630 g/mol. The van der Waals surface area contributed by atoms with Crippen molar-refractivity contribution in [1.29, 1.82) is 0 Å². The maximum absolute atomic E-state index is 14.4. The largest absolute Gasteiger partial charge is 0.508 e. The number of benzene rings is 3. The van der Waals surface area contributed by atoms with Crippen molar-refractivity contribution in [1.82, 2.24) is 15.5 Å². The second kappa shape index (κ2) is 18.1. The number of alkyl carbamates (subject to hydrolysis) is 1. The van der Waals surface area contributed by atoms with Gasteiger partial charge in [0.05, 0.1) is 0 Å². The maximum atomic E-state index is 14.4. The van der Waals surface area contributed by atoms with Crippen LogP contribution in [0.5, 0.6) is 5.75 Å². The molecule has 3 amide bonds. The van der Waals surface area contributed by atoms with Gasteiger partial charge in [-0.3, -0.25) is 9.59 Å². The Morgan fingerprint density at radius 2 is 1.44 bits per heavy atom. The van der Waals surface area contributed by atoms with Crippen molar-refractivity contribution < 1.29 is 33.8 Å². The fourth-order valence-electron chi connectivity index (χ4n) is 4.90. The molecule has 0 fully saturated rings. The summed E-state index contributed by atoms with van der Waals surface area (Å²) in [4.78, 5) is 56.3. The lowest BCUT2D eigenvalue weighted by Gasteiger charge is -2.35. The molecule has 0 heterocycles. The fraction of sp³-hybridized carbons (Fsp3) is 0.405. The Bertz CT molecular complexity index is 1480. The third kappa shape index (κ3) is 11.9. The molecule has 0 spiro atoms. The molecule has 3 rings (SSSR count). The molecule has 0 saturated carbocycles. The Morgan fingerprint density at radius 1 is 0.854 bits per heavy atom. The van der Waals surface area contributed by atoms with E-state index in [9.17, 15) is 24.3 Å². The number of nitrogens with one attached hydrogen (secondary N) is 2. The van der Waals surface area contributed by atoms with Crippen molar-refractivity contribution >= 4 is 36.5 Å². The fourth-order valence-corrected chi connectivity index (χ4v) is 5.15. The van der Waals surface area contributed by atoms with Gasteiger partial charge in [0.15, 0.2) is 0 Å². The molecule has 0 bridgehead atoms. The molecule has 0 aliphatic heterocycles. The molecule has 0 aliphatic rings. The molecule has 3 aromatic carbocycles. The highest BCUT2D eigenvalue weighted by Gasteiger charge is 2.38. The first-order valence-electron chi connectivity index (χ1n) is 16.0. The second-order valence-corrected chi connectivity index (χ2v) is 13.0. The number of hydrogen-bond acceptors (Lipinski definition) is 8. The molecule has 10 nitrogen and oxygen atoms in total. The predicted octanol–water partition coefficient (Wildman–Crippen LogP) is 5.43. The van der Waals surface area contributed by atoms with Crippen molar-refractivity contribution in [2.75, 3.05) is 5.75 Å². The average molecular weight is 678 g/mol. The van der Waals surface area contributed by atoms with E-state index < -0.39 is 47.6 Å². The number of esters is 1. The Balaban J connectivity index is 1.99. The van der Waals surface area contributed by atoms with Crippen LogP contribution in [0.3, 0.4) is 0 Å². The molecule has 0 radical (unpaired) electrons. The summed E-state index contributed by atoms with van der Waals surface area (Å²) >= 11 is 4.37. The van der Waals surface area contributed by atoms with Crippen LogP contribution in [-0.4, -0.2) is 63.4 Å². The van der Waals surface area contributed by atoms with Crippen LogP contribution in [0, 0.1) is 5.92 Å². The van der Waals surface area contributed by atoms with Crippen LogP contribution in [0.15, 0.2) is 84.9 Å². The summed E-state index contributed by atoms with van der Waals surface area (Å²) in [5.41, 5.74) is 1.39. The quantitative estimate of drug-likeness (QED) is 0.125. The van der Waals surface area contributed by atoms with E-state index in [4.69, 9.17) is 9.47 Å². The molecule has 3 N–H and O–H groups in total. The van der Waals surface area contributed by atoms with E-state index in [0.717, 1.165) is 11.1 Å². The van der Waals surface area contributed by atoms with Crippen LogP contribution >= 0.6 is 12.6 Å². The number of phenolic OH excluding ortho intramolecular Hbond substituents is 1. The zero-order valence-corrected chi connectivity index (χ0v) is 29.1. The highest BCUT2D eigenvalue weighted by atomic mass is 32.1. The van der Waals surface area contributed by atoms with Gasteiger partial charge in [0, 0.05) is 18.7 Å². The lowest BCUT2D eigenvalue weighted by atomic mass is 9.96. The Labute approximate surface area is 288 Å². The minimum absolute atomic E-state index is 0.00142. The van der Waals surface area contributed by atoms with Gasteiger partial charge in [-0.15, -0.1) is 0 Å². The number of phenols is 1. The van der Waals surface area contributed by atoms with Crippen LogP contribution in [-0.2, 0) is 43.4 Å². The standard InChI is InChI=1S/C37H47N3O7S/c1-6-25(2)32(35(44)47-37(3,4)5)39-33(42)31(21-26-17-19-29(41)20-18-26)40(22-27-13-9-7-10-14-27)34(43)30(24-48)38-36(45)46-23-28-15-11-8-12-16-28/h7-20,25,30-32,41,48H,6,21-24H2,1-5H3,(H,38,45)(H,39,42). The lowest BCUT2D eigenvalue weighted by molar-refractivity contribution is -0.160. The van der Waals surface area contributed by atoms with Gasteiger partial charge in [0.25, 0.3) is 0 Å². The van der Waals surface area contributed by atoms with Crippen LogP contribution in [0.25, 0.3) is 0 Å². The molecular formula is C37H47N3O7S. The minimum atomic E-state index is -1.15. The molecule has 0 aliphatic carbocycles. The first kappa shape index (κ1) is 37.9. The van der Waals surface area contributed by atoms with Gasteiger partial charge in [0.2, 0.25) is 11.8 Å². The molecule has 3 aromatic rings. The summed E-state index contributed by atoms with van der Waals surface area (Å²) in [5.74, 6) is -2.03. The first-order chi connectivity index (χ1) is 22.8. The topological polar surface area (TPSA) is 134 Å². The summed E-state index contributed by atoms with van der Waals surface area (Å²) in [6.07, 6.45) is -0.188. The SMILES string of the molecule is CCC(C)C(NC(=O)C(Cc1ccc(O)cc1)N(Cc1ccccc1)C(=O)C(CS)NC(=O)OCc1ccccc1)C(=O)OC(C)(C)C. The van der Waals surface area contributed by atoms with E-state index in [1.165, 1.54) is 17.0 Å². The number of aromatic hydroxyl groups is 1. The Hall–Kier alpha value is -4.51. The molecule has 4 atom stereocenters. The van der Waals surface area contributed by atoms with Crippen LogP contribution in [0.4, 0.5) is 4.79 Å². The third-order valence-corrected chi connectivity index (χ3v) is 8.05. The summed E-state index contributed by atoms with van der Waals surface area (Å²) in [6, 6.07) is 21.3. The minimum Gasteiger partial charge on any atom is -0.508 e. The van der Waals surface area contributed by atoms with Crippen molar-refractivity contribution in [3.63, 3.8) is 0 Å². The zero-order chi connectivity index (χ0) is 35.3. The van der Waals surface area contributed by atoms with Gasteiger partial charge in [-0.1, -0.05) is 93.1 Å². The van der Waals surface area contributed by atoms with Gasteiger partial charge in [0.1, 0.15) is 36.1 Å². The smallest absolute Gasteiger partial charge is 0.408 e. The lowest BCUT2D eigenvalue weighted by Crippen LogP contribution is -2.59. The molecule has 258 valence electrons. The summed E-state index contributed by atoms with van der Waals surface area (Å²) in [7, 11) is 0. The summed E-state index contributed by atoms with van der Waals surface area (Å²) < 4.78 is 11.0. The summed E-state index contributed by atoms with van der Waals surface area (Å²) in [6.45, 7) is 9.03. The molecule has 0 saturated heterocycles. The number of hydrogen-bond donors (Lipinski definition) is 4. The number of nitrogens with zero attached hydrogens (tertiary/aromatic N) is 1. The Morgan fingerprint density at radius 3 is 1.98 bits per heavy atom. The van der Waals surface area contributed by atoms with Crippen molar-refractivity contribution in [2.24, 2.45) is 5.92 Å². The number of rotatable bonds is 15. The van der Waals surface area contributed by atoms with E-state index in [2.05, 4.69) is 23.3 Å². The van der Waals surface area contributed by atoms with Crippen LogP contribution < -0.4 is 10.6 Å². The number of amides is 3. The predicted molar refractivity (Wildman–Crippen MR) is 187 cm³/mol. The van der Waals surface area contributed by atoms with E-state index >= 15 is 0 Å². The molecule has 11 heteroatoms. The van der Waals surface area contributed by atoms with Crippen LogP contribution in [0.2, 0.25) is 0 Å². The van der Waals surface area contributed by atoms with Gasteiger partial charge < -0.3 is 30.1 Å². The number of thiol groups is 1. The van der Waals surface area contributed by atoms with E-state index in [1.807, 2.05) is 74.5 Å². The highest BCUT2D eigenvalue weighted by molar-refractivity contribution is 7.80. The van der Waals surface area contributed by atoms with Crippen LogP contribution in [0.1, 0.15) is 57.7 Å². The van der Waals surface area contributed by atoms with Gasteiger partial charge >= 0.3 is 12.1 Å². The van der Waals surface area contributed by atoms with E-state index in [1.54, 1.807) is 32.9 Å². The van der Waals surface area contributed by atoms with E-state index in [0.29, 0.717) is 12.0 Å². The van der Waals surface area contributed by atoms with Crippen molar-refractivity contribution in [3.05, 3.63) is 102 Å². The highest BCUT2D eigenvalue weighted by Crippen LogP contribution is 2.20. The molecule has 48 heavy (non-hydrogen) atoms. The van der Waals surface area contributed by atoms with Crippen molar-refractivity contribution in [2.45, 2.75) is 84.3 Å². The van der Waals surface area contributed by atoms with Gasteiger partial charge in [-0.2, -0.15) is 12.6 Å². The van der Waals surface area contributed by atoms with E-state index in [-0.39, 0.29) is 37.0 Å². The van der Waals surface area contributed by atoms with Gasteiger partial charge in [-0.25, -0.2) is 9.59 Å². The maximum Gasteiger partial charge on any atom is 0.408 e. The third-order valence-electron chi connectivity index (χ3n) is 7.68. The number of ether oxygens (including phenoxy) is 2. The van der Waals surface area contributed by atoms with Gasteiger partial charge in [-0.05, 0) is 55.5 Å². The average Bonchev–Trinajstić information content (AvgIpc) is 3.06. The first-order valence-corrected chi connectivity index (χ1v) is 16.7.